The number of carbonyl (C=O) groups excluding carboxylic acids is 1. The first-order valence-electron chi connectivity index (χ1n) is 7.14. The van der Waals surface area contributed by atoms with Crippen LogP contribution in [0.15, 0.2) is 0 Å². The molecule has 0 aromatic rings. The van der Waals surface area contributed by atoms with E-state index in [2.05, 4.69) is 4.90 Å². The molecule has 2 heteroatoms. The minimum Gasteiger partial charge on any atom is -0.343 e. The van der Waals surface area contributed by atoms with E-state index in [4.69, 9.17) is 0 Å². The Morgan fingerprint density at radius 3 is 2.38 bits per heavy atom. The van der Waals surface area contributed by atoms with Gasteiger partial charge in [0.1, 0.15) is 0 Å². The lowest BCUT2D eigenvalue weighted by Gasteiger charge is -2.21. The van der Waals surface area contributed by atoms with Crippen LogP contribution in [0.2, 0.25) is 0 Å². The minimum absolute atomic E-state index is 0.410. The third-order valence-corrected chi connectivity index (χ3v) is 4.19. The smallest absolute Gasteiger partial charge is 0.222 e. The third-order valence-electron chi connectivity index (χ3n) is 4.19. The quantitative estimate of drug-likeness (QED) is 0.715. The predicted octanol–water partition coefficient (Wildman–Crippen LogP) is 3.36. The van der Waals surface area contributed by atoms with Crippen LogP contribution in [-0.4, -0.2) is 23.9 Å². The standard InChI is InChI=1S/C14H25NO/c16-14(15-11-4-5-12-15)10-6-9-13-7-2-1-3-8-13/h13H,1-12H2. The number of amides is 1. The molecule has 2 rings (SSSR count). The van der Waals surface area contributed by atoms with Crippen molar-refractivity contribution in [2.75, 3.05) is 13.1 Å². The molecule has 0 N–H and O–H groups in total. The van der Waals surface area contributed by atoms with Crippen molar-refractivity contribution < 1.29 is 4.79 Å². The fraction of sp³-hybridized carbons (Fsp3) is 0.929. The van der Waals surface area contributed by atoms with Gasteiger partial charge in [0, 0.05) is 19.5 Å². The van der Waals surface area contributed by atoms with Gasteiger partial charge in [-0.05, 0) is 31.6 Å². The number of hydrogen-bond donors (Lipinski definition) is 0. The van der Waals surface area contributed by atoms with Crippen molar-refractivity contribution in [3.8, 4) is 0 Å². The van der Waals surface area contributed by atoms with Crippen molar-refractivity contribution in [3.05, 3.63) is 0 Å². The third kappa shape index (κ3) is 3.50. The molecule has 2 fully saturated rings. The average Bonchev–Trinajstić information content (AvgIpc) is 2.84. The number of nitrogens with zero attached hydrogens (tertiary/aromatic N) is 1. The van der Waals surface area contributed by atoms with Gasteiger partial charge < -0.3 is 4.90 Å². The Bertz CT molecular complexity index is 215. The fourth-order valence-corrected chi connectivity index (χ4v) is 3.14. The molecule has 16 heavy (non-hydrogen) atoms. The van der Waals surface area contributed by atoms with E-state index in [0.29, 0.717) is 5.91 Å². The maximum atomic E-state index is 11.8. The van der Waals surface area contributed by atoms with Crippen LogP contribution >= 0.6 is 0 Å². The summed E-state index contributed by atoms with van der Waals surface area (Å²) >= 11 is 0. The van der Waals surface area contributed by atoms with Crippen LogP contribution in [0.5, 0.6) is 0 Å². The van der Waals surface area contributed by atoms with E-state index in [9.17, 15) is 4.79 Å². The van der Waals surface area contributed by atoms with Crippen molar-refractivity contribution in [2.24, 2.45) is 5.92 Å². The van der Waals surface area contributed by atoms with Gasteiger partial charge in [0.2, 0.25) is 5.91 Å². The van der Waals surface area contributed by atoms with Gasteiger partial charge in [-0.3, -0.25) is 4.79 Å². The molecule has 0 aromatic carbocycles. The van der Waals surface area contributed by atoms with Crippen LogP contribution in [-0.2, 0) is 4.79 Å². The molecule has 1 aliphatic carbocycles. The minimum atomic E-state index is 0.410. The summed E-state index contributed by atoms with van der Waals surface area (Å²) in [4.78, 5) is 13.9. The Kier molecular flexibility index (Phi) is 4.68. The molecule has 1 heterocycles. The van der Waals surface area contributed by atoms with Gasteiger partial charge in [-0.15, -0.1) is 0 Å². The van der Waals surface area contributed by atoms with Gasteiger partial charge in [-0.25, -0.2) is 0 Å². The highest BCUT2D eigenvalue weighted by Crippen LogP contribution is 2.27. The van der Waals surface area contributed by atoms with E-state index in [-0.39, 0.29) is 0 Å². The monoisotopic (exact) mass is 223 g/mol. The van der Waals surface area contributed by atoms with Gasteiger partial charge in [0.25, 0.3) is 0 Å². The summed E-state index contributed by atoms with van der Waals surface area (Å²) < 4.78 is 0. The molecule has 92 valence electrons. The predicted molar refractivity (Wildman–Crippen MR) is 66.2 cm³/mol. The Hall–Kier alpha value is -0.530. The Labute approximate surface area is 99.4 Å². The van der Waals surface area contributed by atoms with Crippen molar-refractivity contribution in [3.63, 3.8) is 0 Å². The van der Waals surface area contributed by atoms with Gasteiger partial charge >= 0.3 is 0 Å². The Morgan fingerprint density at radius 1 is 1.00 bits per heavy atom. The highest BCUT2D eigenvalue weighted by atomic mass is 16.2. The van der Waals surface area contributed by atoms with Crippen LogP contribution in [0, 0.1) is 5.92 Å². The number of hydrogen-bond acceptors (Lipinski definition) is 1. The summed E-state index contributed by atoms with van der Waals surface area (Å²) in [5, 5.41) is 0. The second-order valence-corrected chi connectivity index (χ2v) is 5.48. The first kappa shape index (κ1) is 11.9. The molecular formula is C14H25NO. The van der Waals surface area contributed by atoms with E-state index in [1.165, 1.54) is 51.4 Å². The Balaban J connectivity index is 1.57. The lowest BCUT2D eigenvalue weighted by Crippen LogP contribution is -2.27. The average molecular weight is 223 g/mol. The van der Waals surface area contributed by atoms with E-state index >= 15 is 0 Å². The van der Waals surface area contributed by atoms with Gasteiger partial charge in [-0.2, -0.15) is 0 Å². The highest BCUT2D eigenvalue weighted by Gasteiger charge is 2.18. The summed E-state index contributed by atoms with van der Waals surface area (Å²) in [6, 6.07) is 0. The summed E-state index contributed by atoms with van der Waals surface area (Å²) in [5.74, 6) is 1.34. The van der Waals surface area contributed by atoms with Crippen LogP contribution < -0.4 is 0 Å². The van der Waals surface area contributed by atoms with Gasteiger partial charge in [0.05, 0.1) is 0 Å². The fourth-order valence-electron chi connectivity index (χ4n) is 3.14. The second kappa shape index (κ2) is 6.27. The zero-order valence-electron chi connectivity index (χ0n) is 10.4. The maximum absolute atomic E-state index is 11.8. The molecule has 0 unspecified atom stereocenters. The lowest BCUT2D eigenvalue weighted by atomic mass is 9.86. The van der Waals surface area contributed by atoms with Crippen LogP contribution in [0.1, 0.15) is 64.2 Å². The van der Waals surface area contributed by atoms with Crippen molar-refractivity contribution in [1.82, 2.24) is 4.90 Å². The SMILES string of the molecule is O=C(CCCC1CCCCC1)N1CCCC1. The van der Waals surface area contributed by atoms with E-state index in [1.807, 2.05) is 0 Å². The number of carbonyl (C=O) groups is 1. The normalized spacial score (nSPS) is 22.6. The lowest BCUT2D eigenvalue weighted by molar-refractivity contribution is -0.130. The molecule has 0 radical (unpaired) electrons. The van der Waals surface area contributed by atoms with Crippen LogP contribution in [0.25, 0.3) is 0 Å². The van der Waals surface area contributed by atoms with Gasteiger partial charge in [-0.1, -0.05) is 32.1 Å². The highest BCUT2D eigenvalue weighted by molar-refractivity contribution is 5.76. The topological polar surface area (TPSA) is 20.3 Å². The van der Waals surface area contributed by atoms with Crippen molar-refractivity contribution >= 4 is 5.91 Å². The first-order chi connectivity index (χ1) is 7.86. The maximum Gasteiger partial charge on any atom is 0.222 e. The molecule has 0 atom stereocenters. The summed E-state index contributed by atoms with van der Waals surface area (Å²) in [5.41, 5.74) is 0. The zero-order valence-corrected chi connectivity index (χ0v) is 10.4. The number of rotatable bonds is 4. The second-order valence-electron chi connectivity index (χ2n) is 5.48. The molecule has 1 saturated heterocycles. The van der Waals surface area contributed by atoms with E-state index < -0.39 is 0 Å². The molecule has 2 nitrogen and oxygen atoms in total. The molecule has 1 saturated carbocycles. The van der Waals surface area contributed by atoms with Crippen LogP contribution in [0.3, 0.4) is 0 Å². The Morgan fingerprint density at radius 2 is 1.69 bits per heavy atom. The summed E-state index contributed by atoms with van der Waals surface area (Å²) in [6.07, 6.45) is 12.8. The van der Waals surface area contributed by atoms with E-state index in [0.717, 1.165) is 31.8 Å². The molecule has 1 aliphatic heterocycles. The first-order valence-corrected chi connectivity index (χ1v) is 7.14. The summed E-state index contributed by atoms with van der Waals surface area (Å²) in [6.45, 7) is 2.03. The molecular weight excluding hydrogens is 198 g/mol. The van der Waals surface area contributed by atoms with E-state index in [1.54, 1.807) is 0 Å². The van der Waals surface area contributed by atoms with Crippen LogP contribution in [0.4, 0.5) is 0 Å². The molecule has 0 spiro atoms. The van der Waals surface area contributed by atoms with Crippen molar-refractivity contribution in [1.29, 1.82) is 0 Å². The largest absolute Gasteiger partial charge is 0.343 e. The molecule has 2 aliphatic rings. The van der Waals surface area contributed by atoms with Crippen molar-refractivity contribution in [2.45, 2.75) is 64.2 Å². The molecule has 1 amide bonds. The molecule has 0 bridgehead atoms. The number of likely N-dealkylation sites (tertiary alicyclic amines) is 1. The van der Waals surface area contributed by atoms with Gasteiger partial charge in [0.15, 0.2) is 0 Å². The molecule has 0 aromatic heterocycles. The zero-order chi connectivity index (χ0) is 11.2. The summed E-state index contributed by atoms with van der Waals surface area (Å²) in [7, 11) is 0.